The fourth-order valence-corrected chi connectivity index (χ4v) is 2.59. The maximum absolute atomic E-state index is 14.1. The molecule has 1 fully saturated rings. The van der Waals surface area contributed by atoms with Crippen molar-refractivity contribution in [2.24, 2.45) is 0 Å². The van der Waals surface area contributed by atoms with Gasteiger partial charge in [0, 0.05) is 20.2 Å². The number of hydrogen-bond acceptors (Lipinski definition) is 5. The van der Waals surface area contributed by atoms with Gasteiger partial charge in [0.25, 0.3) is 11.8 Å². The molecule has 1 aliphatic heterocycles. The largest absolute Gasteiger partial charge is 0.441 e. The smallest absolute Gasteiger partial charge is 0.270 e. The lowest BCUT2D eigenvalue weighted by atomic mass is 10.1. The number of rotatable bonds is 3. The third-order valence-electron chi connectivity index (χ3n) is 3.54. The van der Waals surface area contributed by atoms with E-state index in [1.165, 1.54) is 24.3 Å². The summed E-state index contributed by atoms with van der Waals surface area (Å²) in [5.74, 6) is -1.12. The Labute approximate surface area is 148 Å². The summed E-state index contributed by atoms with van der Waals surface area (Å²) in [7, 11) is 3.60. The van der Waals surface area contributed by atoms with Crippen LogP contribution >= 0.6 is 12.2 Å². The molecule has 128 valence electrons. The van der Waals surface area contributed by atoms with E-state index in [0.29, 0.717) is 11.6 Å². The van der Waals surface area contributed by atoms with Gasteiger partial charge >= 0.3 is 0 Å². The topological polar surface area (TPSA) is 65.8 Å². The van der Waals surface area contributed by atoms with Crippen molar-refractivity contribution in [2.75, 3.05) is 23.9 Å². The SMILES string of the molecule is CN(C)c1ccc(C=C2C(=O)NC(=S)N(c3ccccc3F)C2=O)o1. The Balaban J connectivity index is 2.00. The molecule has 8 heteroatoms. The predicted molar refractivity (Wildman–Crippen MR) is 95.6 cm³/mol. The second-order valence-corrected chi connectivity index (χ2v) is 5.87. The molecule has 0 spiro atoms. The van der Waals surface area contributed by atoms with E-state index in [1.54, 1.807) is 37.2 Å². The van der Waals surface area contributed by atoms with Crippen LogP contribution in [-0.4, -0.2) is 31.0 Å². The van der Waals surface area contributed by atoms with Crippen LogP contribution in [0.5, 0.6) is 0 Å². The van der Waals surface area contributed by atoms with Crippen LogP contribution in [0.15, 0.2) is 46.4 Å². The van der Waals surface area contributed by atoms with E-state index in [-0.39, 0.29) is 16.4 Å². The molecule has 2 aromatic rings. The van der Waals surface area contributed by atoms with Crippen molar-refractivity contribution in [3.05, 3.63) is 53.5 Å². The second kappa shape index (κ2) is 6.48. The van der Waals surface area contributed by atoms with Crippen LogP contribution in [0, 0.1) is 5.82 Å². The first-order valence-corrected chi connectivity index (χ1v) is 7.72. The van der Waals surface area contributed by atoms with E-state index in [2.05, 4.69) is 5.32 Å². The second-order valence-electron chi connectivity index (χ2n) is 5.48. The lowest BCUT2D eigenvalue weighted by molar-refractivity contribution is -0.122. The van der Waals surface area contributed by atoms with E-state index < -0.39 is 17.6 Å². The van der Waals surface area contributed by atoms with Gasteiger partial charge in [0.05, 0.1) is 5.69 Å². The van der Waals surface area contributed by atoms with Crippen molar-refractivity contribution in [2.45, 2.75) is 0 Å². The highest BCUT2D eigenvalue weighted by Crippen LogP contribution is 2.25. The van der Waals surface area contributed by atoms with Crippen molar-refractivity contribution in [3.63, 3.8) is 0 Å². The van der Waals surface area contributed by atoms with Crippen molar-refractivity contribution < 1.29 is 18.4 Å². The number of nitrogens with zero attached hydrogens (tertiary/aromatic N) is 2. The van der Waals surface area contributed by atoms with Crippen molar-refractivity contribution >= 4 is 46.8 Å². The summed E-state index contributed by atoms with van der Waals surface area (Å²) in [6.07, 6.45) is 1.31. The quantitative estimate of drug-likeness (QED) is 0.518. The minimum absolute atomic E-state index is 0.0307. The zero-order valence-electron chi connectivity index (χ0n) is 13.4. The number of carbonyl (C=O) groups is 2. The first-order chi connectivity index (χ1) is 11.9. The fraction of sp³-hybridized carbons (Fsp3) is 0.118. The molecule has 0 saturated carbocycles. The molecule has 25 heavy (non-hydrogen) atoms. The fourth-order valence-electron chi connectivity index (χ4n) is 2.31. The normalized spacial score (nSPS) is 16.4. The number of benzene rings is 1. The molecule has 1 saturated heterocycles. The van der Waals surface area contributed by atoms with Crippen molar-refractivity contribution in [1.29, 1.82) is 0 Å². The van der Waals surface area contributed by atoms with E-state index in [1.807, 2.05) is 0 Å². The van der Waals surface area contributed by atoms with Gasteiger partial charge in [0.2, 0.25) is 0 Å². The molecule has 6 nitrogen and oxygen atoms in total. The average molecular weight is 359 g/mol. The summed E-state index contributed by atoms with van der Waals surface area (Å²) >= 11 is 5.03. The minimum atomic E-state index is -0.721. The molecule has 2 heterocycles. The molecule has 0 unspecified atom stereocenters. The third-order valence-corrected chi connectivity index (χ3v) is 3.82. The average Bonchev–Trinajstić information content (AvgIpc) is 3.02. The van der Waals surface area contributed by atoms with E-state index in [9.17, 15) is 14.0 Å². The molecule has 1 aromatic carbocycles. The number of furan rings is 1. The number of amides is 2. The summed E-state index contributed by atoms with van der Waals surface area (Å²) in [5, 5.41) is 2.22. The lowest BCUT2D eigenvalue weighted by Gasteiger charge is -2.28. The molecule has 1 aliphatic rings. The maximum atomic E-state index is 14.1. The Morgan fingerprint density at radius 2 is 1.92 bits per heavy atom. The van der Waals surface area contributed by atoms with Crippen LogP contribution in [0.3, 0.4) is 0 Å². The summed E-state index contributed by atoms with van der Waals surface area (Å²) in [5.41, 5.74) is -0.228. The van der Waals surface area contributed by atoms with Crippen LogP contribution in [-0.2, 0) is 9.59 Å². The van der Waals surface area contributed by atoms with Gasteiger partial charge in [-0.2, -0.15) is 0 Å². The number of carbonyl (C=O) groups excluding carboxylic acids is 2. The maximum Gasteiger partial charge on any atom is 0.270 e. The standard InChI is InChI=1S/C17H14FN3O3S/c1-20(2)14-8-7-10(24-14)9-11-15(22)19-17(25)21(16(11)23)13-6-4-3-5-12(13)18/h3-9H,1-2H3,(H,19,22,25). The zero-order valence-corrected chi connectivity index (χ0v) is 14.3. The van der Waals surface area contributed by atoms with E-state index in [4.69, 9.17) is 16.6 Å². The van der Waals surface area contributed by atoms with E-state index >= 15 is 0 Å². The Morgan fingerprint density at radius 3 is 2.56 bits per heavy atom. The Bertz CT molecular complexity index is 904. The molecule has 0 radical (unpaired) electrons. The Morgan fingerprint density at radius 1 is 1.20 bits per heavy atom. The number of anilines is 2. The molecule has 0 atom stereocenters. The minimum Gasteiger partial charge on any atom is -0.441 e. The molecule has 1 N–H and O–H groups in total. The van der Waals surface area contributed by atoms with Gasteiger partial charge in [-0.3, -0.25) is 14.9 Å². The van der Waals surface area contributed by atoms with Crippen LogP contribution in [0.25, 0.3) is 6.08 Å². The molecule has 0 aliphatic carbocycles. The highest BCUT2D eigenvalue weighted by atomic mass is 32.1. The molecule has 2 amide bonds. The van der Waals surface area contributed by atoms with Crippen molar-refractivity contribution in [3.8, 4) is 0 Å². The van der Waals surface area contributed by atoms with Gasteiger partial charge in [0.15, 0.2) is 11.0 Å². The van der Waals surface area contributed by atoms with Crippen molar-refractivity contribution in [1.82, 2.24) is 5.32 Å². The van der Waals surface area contributed by atoms with Crippen LogP contribution in [0.4, 0.5) is 16.0 Å². The summed E-state index contributed by atoms with van der Waals surface area (Å²) in [4.78, 5) is 27.6. The van der Waals surface area contributed by atoms with Crippen LogP contribution in [0.1, 0.15) is 5.76 Å². The summed E-state index contributed by atoms with van der Waals surface area (Å²) < 4.78 is 19.6. The molecular formula is C17H14FN3O3S. The molecule has 1 aromatic heterocycles. The van der Waals surface area contributed by atoms with Gasteiger partial charge in [-0.15, -0.1) is 0 Å². The third kappa shape index (κ3) is 3.16. The van der Waals surface area contributed by atoms with Gasteiger partial charge in [-0.25, -0.2) is 9.29 Å². The first-order valence-electron chi connectivity index (χ1n) is 7.31. The van der Waals surface area contributed by atoms with Gasteiger partial charge in [-0.1, -0.05) is 12.1 Å². The summed E-state index contributed by atoms with van der Waals surface area (Å²) in [6, 6.07) is 9.02. The summed E-state index contributed by atoms with van der Waals surface area (Å²) in [6.45, 7) is 0. The Hall–Kier alpha value is -3.00. The number of thiocarbonyl (C=S) groups is 1. The number of nitrogens with one attached hydrogen (secondary N) is 1. The van der Waals surface area contributed by atoms with Crippen LogP contribution < -0.4 is 15.1 Å². The number of para-hydroxylation sites is 1. The zero-order chi connectivity index (χ0) is 18.1. The number of hydrogen-bond donors (Lipinski definition) is 1. The monoisotopic (exact) mass is 359 g/mol. The highest BCUT2D eigenvalue weighted by Gasteiger charge is 2.35. The van der Waals surface area contributed by atoms with Gasteiger partial charge < -0.3 is 9.32 Å². The van der Waals surface area contributed by atoms with Gasteiger partial charge in [0.1, 0.15) is 17.2 Å². The van der Waals surface area contributed by atoms with E-state index in [0.717, 1.165) is 4.90 Å². The lowest BCUT2D eigenvalue weighted by Crippen LogP contribution is -2.54. The Kier molecular flexibility index (Phi) is 4.37. The van der Waals surface area contributed by atoms with Crippen LogP contribution in [0.2, 0.25) is 0 Å². The molecular weight excluding hydrogens is 345 g/mol. The number of halogens is 1. The molecule has 0 bridgehead atoms. The first kappa shape index (κ1) is 16.8. The highest BCUT2D eigenvalue weighted by molar-refractivity contribution is 7.80. The predicted octanol–water partition coefficient (Wildman–Crippen LogP) is 2.32. The molecule has 3 rings (SSSR count). The van der Waals surface area contributed by atoms with Gasteiger partial charge in [-0.05, 0) is 36.5 Å².